The van der Waals surface area contributed by atoms with E-state index < -0.39 is 138 Å². The summed E-state index contributed by atoms with van der Waals surface area (Å²) in [6.45, 7) is 13.0. The molecule has 0 aromatic rings. The molecule has 0 spiro atoms. The van der Waals surface area contributed by atoms with Crippen molar-refractivity contribution >= 4 is 17.7 Å². The number of esters is 2. The Balaban J connectivity index is 1.03. The Morgan fingerprint density at radius 1 is 0.703 bits per heavy atom. The van der Waals surface area contributed by atoms with Crippen molar-refractivity contribution in [3.63, 3.8) is 0 Å². The van der Waals surface area contributed by atoms with Crippen molar-refractivity contribution in [1.29, 1.82) is 0 Å². The number of aliphatic hydroxyl groups excluding tert-OH is 2. The van der Waals surface area contributed by atoms with Gasteiger partial charge in [-0.15, -0.1) is 0 Å². The van der Waals surface area contributed by atoms with Crippen molar-refractivity contribution in [2.24, 2.45) is 22.7 Å². The summed E-state index contributed by atoms with van der Waals surface area (Å²) in [7, 11) is 4.58. The highest BCUT2D eigenvalue weighted by atomic mass is 16.8. The van der Waals surface area contributed by atoms with Crippen molar-refractivity contribution in [3.05, 3.63) is 11.6 Å². The molecular formula is C46H72O18. The van der Waals surface area contributed by atoms with Crippen LogP contribution in [0.25, 0.3) is 0 Å². The molecule has 0 aromatic carbocycles. The minimum atomic E-state index is -1.84. The SMILES string of the molecule is CO[C@H]1[C@@H](O)[C@H](O[C@H]2[C@@H](OC)C[C@H](O[C@H]3[C@@H](OC)C[C@H](O[C@H]4CC[C@@]5(C)C(=CC[C@]6(O)[C@@H]5[C@H](OC(C)=O)[C@@H](OC(C)=O)[C@]5(C)[C@H](C(C)=O)CC[C@@]56O)C4)O[C@@H]3C)O[C@@H]2C)O[C@H](C)[C@H]1O. The summed E-state index contributed by atoms with van der Waals surface area (Å²) in [5.41, 5.74) is -4.96. The van der Waals surface area contributed by atoms with E-state index >= 15 is 0 Å². The van der Waals surface area contributed by atoms with Crippen LogP contribution in [0.4, 0.5) is 0 Å². The van der Waals surface area contributed by atoms with Crippen LogP contribution in [0.2, 0.25) is 0 Å². The summed E-state index contributed by atoms with van der Waals surface area (Å²) in [4.78, 5) is 38.7. The first-order chi connectivity index (χ1) is 30.1. The fourth-order valence-corrected chi connectivity index (χ4v) is 13.1. The summed E-state index contributed by atoms with van der Waals surface area (Å²) in [5, 5.41) is 47.1. The molecule has 7 rings (SSSR count). The van der Waals surface area contributed by atoms with Crippen LogP contribution in [0.5, 0.6) is 0 Å². The van der Waals surface area contributed by atoms with Crippen molar-refractivity contribution < 1.29 is 86.9 Å². The highest BCUT2D eigenvalue weighted by Gasteiger charge is 2.80. The zero-order valence-corrected chi connectivity index (χ0v) is 39.1. The zero-order chi connectivity index (χ0) is 46.8. The third-order valence-electron chi connectivity index (χ3n) is 16.3. The third kappa shape index (κ3) is 8.31. The van der Waals surface area contributed by atoms with E-state index in [0.717, 1.165) is 5.57 Å². The second kappa shape index (κ2) is 18.7. The molecule has 0 bridgehead atoms. The number of ketones is 1. The number of carbonyl (C=O) groups is 3. The molecule has 3 heterocycles. The average Bonchev–Trinajstić information content (AvgIpc) is 3.52. The van der Waals surface area contributed by atoms with E-state index in [1.165, 1.54) is 27.9 Å². The molecule has 364 valence electrons. The maximum Gasteiger partial charge on any atom is 0.303 e. The highest BCUT2D eigenvalue weighted by Crippen LogP contribution is 2.70. The van der Waals surface area contributed by atoms with Crippen LogP contribution in [-0.4, -0.2) is 169 Å². The van der Waals surface area contributed by atoms with Gasteiger partial charge in [-0.2, -0.15) is 0 Å². The normalized spacial score (nSPS) is 50.3. The van der Waals surface area contributed by atoms with Crippen LogP contribution in [0.3, 0.4) is 0 Å². The largest absolute Gasteiger partial charge is 0.458 e. The van der Waals surface area contributed by atoms with Gasteiger partial charge in [0.25, 0.3) is 0 Å². The lowest BCUT2D eigenvalue weighted by Gasteiger charge is -2.68. The Hall–Kier alpha value is -2.17. The van der Waals surface area contributed by atoms with E-state index in [9.17, 15) is 34.8 Å². The first-order valence-corrected chi connectivity index (χ1v) is 22.9. The number of hydrogen-bond acceptors (Lipinski definition) is 18. The number of hydrogen-bond donors (Lipinski definition) is 4. The number of fused-ring (bicyclic) bond motifs is 5. The van der Waals surface area contributed by atoms with Crippen molar-refractivity contribution in [2.75, 3.05) is 21.3 Å². The molecule has 3 saturated heterocycles. The van der Waals surface area contributed by atoms with Gasteiger partial charge >= 0.3 is 11.9 Å². The lowest BCUT2D eigenvalue weighted by Crippen LogP contribution is -2.80. The van der Waals surface area contributed by atoms with Crippen LogP contribution >= 0.6 is 0 Å². The van der Waals surface area contributed by atoms with E-state index in [2.05, 4.69) is 0 Å². The third-order valence-corrected chi connectivity index (χ3v) is 16.3. The van der Waals surface area contributed by atoms with Gasteiger partial charge in [-0.3, -0.25) is 14.4 Å². The van der Waals surface area contributed by atoms with Gasteiger partial charge in [0.1, 0.15) is 59.7 Å². The summed E-state index contributed by atoms with van der Waals surface area (Å²) < 4.78 is 67.3. The Morgan fingerprint density at radius 2 is 1.30 bits per heavy atom. The first kappa shape index (κ1) is 49.7. The fourth-order valence-electron chi connectivity index (χ4n) is 13.1. The molecule has 6 fully saturated rings. The van der Waals surface area contributed by atoms with E-state index in [1.54, 1.807) is 28.1 Å². The van der Waals surface area contributed by atoms with Crippen LogP contribution < -0.4 is 0 Å². The van der Waals surface area contributed by atoms with Gasteiger partial charge in [0.2, 0.25) is 0 Å². The summed E-state index contributed by atoms with van der Waals surface area (Å²) in [5.74, 6) is -3.10. The van der Waals surface area contributed by atoms with Gasteiger partial charge in [-0.05, 0) is 71.6 Å². The predicted molar refractivity (Wildman–Crippen MR) is 222 cm³/mol. The van der Waals surface area contributed by atoms with Gasteiger partial charge in [0, 0.05) is 65.3 Å². The molecule has 18 heteroatoms. The molecule has 7 aliphatic rings. The van der Waals surface area contributed by atoms with Gasteiger partial charge < -0.3 is 72.5 Å². The maximum atomic E-state index is 13.1. The van der Waals surface area contributed by atoms with E-state index in [-0.39, 0.29) is 31.1 Å². The molecule has 4 N–H and O–H groups in total. The number of aliphatic hydroxyl groups is 4. The highest BCUT2D eigenvalue weighted by molar-refractivity contribution is 5.80. The molecule has 3 aliphatic heterocycles. The van der Waals surface area contributed by atoms with Crippen molar-refractivity contribution in [1.82, 2.24) is 0 Å². The van der Waals surface area contributed by atoms with Gasteiger partial charge in [0.15, 0.2) is 18.9 Å². The molecule has 4 aliphatic carbocycles. The van der Waals surface area contributed by atoms with Gasteiger partial charge in [-0.25, -0.2) is 0 Å². The molecular weight excluding hydrogens is 840 g/mol. The van der Waals surface area contributed by atoms with E-state index in [0.29, 0.717) is 32.1 Å². The van der Waals surface area contributed by atoms with Gasteiger partial charge in [0.05, 0.1) is 36.6 Å². The van der Waals surface area contributed by atoms with Crippen molar-refractivity contribution in [3.8, 4) is 0 Å². The number of ether oxygens (including phenoxy) is 11. The summed E-state index contributed by atoms with van der Waals surface area (Å²) >= 11 is 0. The first-order valence-electron chi connectivity index (χ1n) is 22.9. The minimum absolute atomic E-state index is 0.0326. The quantitative estimate of drug-likeness (QED) is 0.163. The number of rotatable bonds is 12. The molecule has 0 radical (unpaired) electrons. The van der Waals surface area contributed by atoms with Crippen LogP contribution in [-0.2, 0) is 66.5 Å². The smallest absolute Gasteiger partial charge is 0.303 e. The minimum Gasteiger partial charge on any atom is -0.458 e. The lowest BCUT2D eigenvalue weighted by molar-refractivity contribution is -0.352. The van der Waals surface area contributed by atoms with Crippen LogP contribution in [0.15, 0.2) is 11.6 Å². The number of Topliss-reactive ketones (excluding diaryl/α,β-unsaturated/α-hetero) is 1. The van der Waals surface area contributed by atoms with E-state index in [4.69, 9.17) is 52.1 Å². The Morgan fingerprint density at radius 3 is 1.86 bits per heavy atom. The summed E-state index contributed by atoms with van der Waals surface area (Å²) in [6, 6.07) is 0. The van der Waals surface area contributed by atoms with Crippen molar-refractivity contribution in [2.45, 2.75) is 216 Å². The Labute approximate surface area is 375 Å². The second-order valence-corrected chi connectivity index (χ2v) is 19.9. The predicted octanol–water partition coefficient (Wildman–Crippen LogP) is 2.40. The Kier molecular flexibility index (Phi) is 14.6. The molecule has 64 heavy (non-hydrogen) atoms. The molecule has 22 atom stereocenters. The van der Waals surface area contributed by atoms with E-state index in [1.807, 2.05) is 26.8 Å². The second-order valence-electron chi connectivity index (χ2n) is 19.9. The molecule has 0 unspecified atom stereocenters. The Bertz CT molecular complexity index is 1740. The lowest BCUT2D eigenvalue weighted by atomic mass is 9.42. The molecule has 18 nitrogen and oxygen atoms in total. The maximum absolute atomic E-state index is 13.1. The topological polar surface area (TPSA) is 234 Å². The fraction of sp³-hybridized carbons (Fsp3) is 0.891. The number of methoxy groups -OCH3 is 3. The molecule has 0 aromatic heterocycles. The molecule has 3 saturated carbocycles. The zero-order valence-electron chi connectivity index (χ0n) is 39.1. The standard InChI is InChI=1S/C46H72O18/c1-21(47)29-14-17-46(53)44(29,8)41(61-26(6)49)39(60-25(5)48)40-43(7)15-13-28(18-27(43)12-16-45(40,46)52)62-32-19-30(54-9)36(23(3)57-32)63-33-20-31(55-10)37(24(4)58-33)64-42-35(51)38(56-11)34(50)22(2)59-42/h12,22-24,28-42,50-53H,13-20H2,1-11H3/t22-,23-,24-,28+,29+,30+,31+,32+,33+,34-,35-,36-,37-,38-,39+,40-,41-,42+,43+,44+,45+,46-/m1/s1. The van der Waals surface area contributed by atoms with Gasteiger partial charge in [-0.1, -0.05) is 25.5 Å². The van der Waals surface area contributed by atoms with Crippen LogP contribution in [0.1, 0.15) is 107 Å². The van der Waals surface area contributed by atoms with Crippen LogP contribution in [0, 0.1) is 22.7 Å². The summed E-state index contributed by atoms with van der Waals surface area (Å²) in [6.07, 6.45) is -7.55. The molecule has 0 amide bonds. The monoisotopic (exact) mass is 912 g/mol. The number of carbonyl (C=O) groups excluding carboxylic acids is 3. The average molecular weight is 913 g/mol.